The lowest BCUT2D eigenvalue weighted by molar-refractivity contribution is -0.131. The summed E-state index contributed by atoms with van der Waals surface area (Å²) >= 11 is 0. The smallest absolute Gasteiger partial charge is 0.222 e. The van der Waals surface area contributed by atoms with Gasteiger partial charge in [0, 0.05) is 38.6 Å². The van der Waals surface area contributed by atoms with Gasteiger partial charge in [-0.1, -0.05) is 13.8 Å². The molecule has 1 N–H and O–H groups in total. The first-order valence-corrected chi connectivity index (χ1v) is 6.82. The number of hydrogen-bond donors (Lipinski definition) is 1. The molecule has 2 aliphatic rings. The van der Waals surface area contributed by atoms with Crippen LogP contribution in [0.1, 0.15) is 39.5 Å². The minimum absolute atomic E-state index is 0.316. The first-order valence-electron chi connectivity index (χ1n) is 6.82. The number of rotatable bonds is 4. The summed E-state index contributed by atoms with van der Waals surface area (Å²) in [6, 6.07) is 0.397. The fourth-order valence-corrected chi connectivity index (χ4v) is 2.96. The van der Waals surface area contributed by atoms with E-state index in [2.05, 4.69) is 4.90 Å². The number of piperazine rings is 1. The van der Waals surface area contributed by atoms with Crippen LogP contribution in [-0.4, -0.2) is 58.6 Å². The van der Waals surface area contributed by atoms with Crippen LogP contribution in [0.3, 0.4) is 0 Å². The van der Waals surface area contributed by atoms with E-state index in [9.17, 15) is 9.90 Å². The molecule has 4 heteroatoms. The molecule has 1 amide bonds. The van der Waals surface area contributed by atoms with Crippen LogP contribution in [0.15, 0.2) is 0 Å². The molecular formula is C13H24N2O2. The lowest BCUT2D eigenvalue weighted by Crippen LogP contribution is -2.55. The number of nitrogens with zero attached hydrogens (tertiary/aromatic N) is 2. The fraction of sp³-hybridized carbons (Fsp3) is 0.923. The van der Waals surface area contributed by atoms with Gasteiger partial charge in [-0.2, -0.15) is 0 Å². The number of amides is 1. The van der Waals surface area contributed by atoms with Crippen molar-refractivity contribution in [2.75, 3.05) is 26.2 Å². The van der Waals surface area contributed by atoms with Crippen LogP contribution in [0.5, 0.6) is 0 Å². The molecule has 1 atom stereocenters. The predicted octanol–water partition coefficient (Wildman–Crippen LogP) is 0.844. The zero-order chi connectivity index (χ0) is 12.5. The summed E-state index contributed by atoms with van der Waals surface area (Å²) in [6.07, 6.45) is 3.30. The highest BCUT2D eigenvalue weighted by molar-refractivity contribution is 5.78. The van der Waals surface area contributed by atoms with Crippen molar-refractivity contribution < 1.29 is 9.90 Å². The molecule has 0 spiro atoms. The fourth-order valence-electron chi connectivity index (χ4n) is 2.96. The number of carbonyl (C=O) groups is 1. The van der Waals surface area contributed by atoms with Gasteiger partial charge in [0.15, 0.2) is 0 Å². The average molecular weight is 240 g/mol. The molecule has 4 nitrogen and oxygen atoms in total. The van der Waals surface area contributed by atoms with Crippen LogP contribution in [0.4, 0.5) is 0 Å². The largest absolute Gasteiger partial charge is 0.389 e. The Hall–Kier alpha value is -0.610. The topological polar surface area (TPSA) is 43.8 Å². The molecule has 17 heavy (non-hydrogen) atoms. The van der Waals surface area contributed by atoms with Gasteiger partial charge in [0.2, 0.25) is 5.91 Å². The van der Waals surface area contributed by atoms with E-state index in [4.69, 9.17) is 0 Å². The summed E-state index contributed by atoms with van der Waals surface area (Å²) in [4.78, 5) is 15.9. The summed E-state index contributed by atoms with van der Waals surface area (Å²) in [7, 11) is 0. The third-order valence-electron chi connectivity index (χ3n) is 4.41. The lowest BCUT2D eigenvalue weighted by Gasteiger charge is -2.41. The number of hydrogen-bond acceptors (Lipinski definition) is 3. The summed E-state index contributed by atoms with van der Waals surface area (Å²) in [5.41, 5.74) is -0.551. The molecule has 2 fully saturated rings. The molecule has 0 bridgehead atoms. The number of fused-ring (bicyclic) bond motifs is 1. The monoisotopic (exact) mass is 240 g/mol. The van der Waals surface area contributed by atoms with Crippen molar-refractivity contribution in [2.24, 2.45) is 0 Å². The van der Waals surface area contributed by atoms with E-state index in [0.29, 0.717) is 18.4 Å². The van der Waals surface area contributed by atoms with Gasteiger partial charge < -0.3 is 10.0 Å². The van der Waals surface area contributed by atoms with Crippen LogP contribution in [-0.2, 0) is 4.79 Å². The Bertz CT molecular complexity index is 289. The maximum Gasteiger partial charge on any atom is 0.222 e. The van der Waals surface area contributed by atoms with Gasteiger partial charge in [-0.25, -0.2) is 0 Å². The Morgan fingerprint density at radius 2 is 2.06 bits per heavy atom. The maximum atomic E-state index is 11.6. The summed E-state index contributed by atoms with van der Waals surface area (Å²) < 4.78 is 0. The van der Waals surface area contributed by atoms with Crippen LogP contribution < -0.4 is 0 Å². The van der Waals surface area contributed by atoms with Gasteiger partial charge in [0.05, 0.1) is 5.60 Å². The molecule has 2 heterocycles. The maximum absolute atomic E-state index is 11.6. The Morgan fingerprint density at radius 3 is 2.71 bits per heavy atom. The van der Waals surface area contributed by atoms with E-state index >= 15 is 0 Å². The normalized spacial score (nSPS) is 26.4. The van der Waals surface area contributed by atoms with Gasteiger partial charge in [0.25, 0.3) is 0 Å². The predicted molar refractivity (Wildman–Crippen MR) is 66.7 cm³/mol. The van der Waals surface area contributed by atoms with Gasteiger partial charge in [-0.05, 0) is 19.3 Å². The van der Waals surface area contributed by atoms with Crippen molar-refractivity contribution in [3.8, 4) is 0 Å². The first-order chi connectivity index (χ1) is 8.08. The molecule has 0 aromatic rings. The highest BCUT2D eigenvalue weighted by Gasteiger charge is 2.37. The molecule has 0 saturated carbocycles. The molecule has 0 aromatic heterocycles. The van der Waals surface area contributed by atoms with Crippen LogP contribution in [0, 0.1) is 0 Å². The molecule has 98 valence electrons. The highest BCUT2D eigenvalue weighted by atomic mass is 16.3. The zero-order valence-corrected chi connectivity index (χ0v) is 11.0. The van der Waals surface area contributed by atoms with Crippen molar-refractivity contribution in [1.82, 2.24) is 9.80 Å². The minimum atomic E-state index is -0.551. The number of β-amino-alcohol motifs (C(OH)–C–C–N with tert-alkyl or cyclic N) is 1. The van der Waals surface area contributed by atoms with Crippen molar-refractivity contribution >= 4 is 5.91 Å². The van der Waals surface area contributed by atoms with Gasteiger partial charge in [0.1, 0.15) is 0 Å². The molecule has 0 radical (unpaired) electrons. The summed E-state index contributed by atoms with van der Waals surface area (Å²) in [5, 5.41) is 10.4. The average Bonchev–Trinajstić information content (AvgIpc) is 2.70. The molecule has 0 aliphatic carbocycles. The van der Waals surface area contributed by atoms with E-state index in [-0.39, 0.29) is 0 Å². The van der Waals surface area contributed by atoms with Crippen molar-refractivity contribution in [2.45, 2.75) is 51.2 Å². The Kier molecular flexibility index (Phi) is 3.73. The van der Waals surface area contributed by atoms with Crippen molar-refractivity contribution in [3.05, 3.63) is 0 Å². The second-order valence-electron chi connectivity index (χ2n) is 5.45. The second kappa shape index (κ2) is 4.94. The number of aliphatic hydroxyl groups is 1. The standard InChI is InChI=1S/C13H24N2O2/c1-3-13(17,4-2)10-14-7-8-15-11(9-14)5-6-12(15)16/h11,17H,3-10H2,1-2H3. The number of carbonyl (C=O) groups excluding carboxylic acids is 1. The molecule has 2 saturated heterocycles. The Morgan fingerprint density at radius 1 is 1.35 bits per heavy atom. The SMILES string of the molecule is CCC(O)(CC)CN1CCN2C(=O)CCC2C1. The van der Waals surface area contributed by atoms with Crippen molar-refractivity contribution in [1.29, 1.82) is 0 Å². The first kappa shape index (κ1) is 12.8. The van der Waals surface area contributed by atoms with E-state index in [1.807, 2.05) is 18.7 Å². The zero-order valence-electron chi connectivity index (χ0n) is 11.0. The van der Waals surface area contributed by atoms with Crippen LogP contribution in [0.2, 0.25) is 0 Å². The third kappa shape index (κ3) is 2.63. The summed E-state index contributed by atoms with van der Waals surface area (Å²) in [5.74, 6) is 0.316. The summed E-state index contributed by atoms with van der Waals surface area (Å²) in [6.45, 7) is 7.52. The Balaban J connectivity index is 1.91. The van der Waals surface area contributed by atoms with E-state index in [1.165, 1.54) is 0 Å². The van der Waals surface area contributed by atoms with Gasteiger partial charge in [-0.3, -0.25) is 9.69 Å². The van der Waals surface area contributed by atoms with Crippen molar-refractivity contribution in [3.63, 3.8) is 0 Å². The third-order valence-corrected chi connectivity index (χ3v) is 4.41. The molecule has 2 rings (SSSR count). The van der Waals surface area contributed by atoms with E-state index in [1.54, 1.807) is 0 Å². The minimum Gasteiger partial charge on any atom is -0.389 e. The highest BCUT2D eigenvalue weighted by Crippen LogP contribution is 2.25. The van der Waals surface area contributed by atoms with Gasteiger partial charge in [-0.15, -0.1) is 0 Å². The van der Waals surface area contributed by atoms with Crippen LogP contribution >= 0.6 is 0 Å². The van der Waals surface area contributed by atoms with Crippen LogP contribution in [0.25, 0.3) is 0 Å². The molecule has 0 aromatic carbocycles. The quantitative estimate of drug-likeness (QED) is 0.792. The Labute approximate surface area is 104 Å². The molecular weight excluding hydrogens is 216 g/mol. The molecule has 1 unspecified atom stereocenters. The van der Waals surface area contributed by atoms with E-state index < -0.39 is 5.60 Å². The second-order valence-corrected chi connectivity index (χ2v) is 5.45. The van der Waals surface area contributed by atoms with E-state index in [0.717, 1.165) is 45.4 Å². The molecule has 2 aliphatic heterocycles. The van der Waals surface area contributed by atoms with Gasteiger partial charge >= 0.3 is 0 Å². The lowest BCUT2D eigenvalue weighted by atomic mass is 9.96.